The van der Waals surface area contributed by atoms with E-state index in [9.17, 15) is 59.6 Å². The molecule has 0 spiro atoms. The molecule has 1 aliphatic carbocycles. The summed E-state index contributed by atoms with van der Waals surface area (Å²) in [5.41, 5.74) is 0. The Kier molecular flexibility index (Phi) is 30.6. The molecule has 8 N–H and O–H groups in total. The van der Waals surface area contributed by atoms with Crippen LogP contribution in [0.3, 0.4) is 0 Å². The molecular weight excluding hydrogens is 875 g/mol. The van der Waals surface area contributed by atoms with E-state index in [0.717, 1.165) is 38.5 Å². The third-order valence-electron chi connectivity index (χ3n) is 11.4. The van der Waals surface area contributed by atoms with Crippen LogP contribution in [-0.4, -0.2) is 127 Å². The summed E-state index contributed by atoms with van der Waals surface area (Å²) in [5, 5.41) is 78.5. The average molecular weight is 955 g/mol. The van der Waals surface area contributed by atoms with Gasteiger partial charge in [0.2, 0.25) is 0 Å². The van der Waals surface area contributed by atoms with Gasteiger partial charge in [-0.1, -0.05) is 119 Å². The first-order valence-electron chi connectivity index (χ1n) is 23.8. The number of carbonyl (C=O) groups is 3. The number of aliphatic hydroxyl groups is 7. The number of aliphatic hydroxyl groups excluding tert-OH is 7. The van der Waals surface area contributed by atoms with Crippen LogP contribution >= 0.6 is 7.82 Å². The maximum atomic E-state index is 13.6. The highest BCUT2D eigenvalue weighted by Gasteiger charge is 2.49. The zero-order valence-corrected chi connectivity index (χ0v) is 39.8. The van der Waals surface area contributed by atoms with Crippen LogP contribution in [0.15, 0.2) is 72.9 Å². The van der Waals surface area contributed by atoms with E-state index in [4.69, 9.17) is 18.5 Å². The third-order valence-corrected chi connectivity index (χ3v) is 12.4. The van der Waals surface area contributed by atoms with E-state index < -0.39 is 112 Å². The molecule has 0 aromatic carbocycles. The molecule has 0 aromatic heterocycles. The van der Waals surface area contributed by atoms with Gasteiger partial charge in [-0.3, -0.25) is 23.4 Å². The van der Waals surface area contributed by atoms with Crippen molar-refractivity contribution in [3.63, 3.8) is 0 Å². The van der Waals surface area contributed by atoms with Crippen LogP contribution in [-0.2, 0) is 37.5 Å². The van der Waals surface area contributed by atoms with E-state index in [2.05, 4.69) is 37.3 Å². The molecule has 0 radical (unpaired) electrons. The molecule has 2 aliphatic rings. The van der Waals surface area contributed by atoms with Crippen molar-refractivity contribution in [2.24, 2.45) is 11.8 Å². The van der Waals surface area contributed by atoms with Crippen molar-refractivity contribution < 1.29 is 78.1 Å². The van der Waals surface area contributed by atoms with Crippen molar-refractivity contribution in [2.45, 2.75) is 191 Å². The molecule has 12 atom stereocenters. The van der Waals surface area contributed by atoms with Crippen LogP contribution in [0.4, 0.5) is 0 Å². The molecule has 1 fully saturated rings. The van der Waals surface area contributed by atoms with Crippen LogP contribution in [0.5, 0.6) is 0 Å². The molecule has 1 heterocycles. The second-order valence-corrected chi connectivity index (χ2v) is 18.4. The zero-order chi connectivity index (χ0) is 48.7. The molecule has 66 heavy (non-hydrogen) atoms. The molecule has 16 nitrogen and oxygen atoms in total. The van der Waals surface area contributed by atoms with Crippen LogP contribution in [0, 0.1) is 11.8 Å². The number of hydrogen-bond acceptors (Lipinski definition) is 15. The number of cyclic esters (lactones) is 1. The van der Waals surface area contributed by atoms with Crippen LogP contribution in [0.1, 0.15) is 136 Å². The molecule has 376 valence electrons. The predicted molar refractivity (Wildman–Crippen MR) is 249 cm³/mol. The van der Waals surface area contributed by atoms with Crippen molar-refractivity contribution in [2.75, 3.05) is 13.2 Å². The Morgan fingerprint density at radius 1 is 0.788 bits per heavy atom. The van der Waals surface area contributed by atoms with Gasteiger partial charge in [-0.2, -0.15) is 0 Å². The fourth-order valence-electron chi connectivity index (χ4n) is 7.39. The number of ketones is 1. The minimum absolute atomic E-state index is 0.0542. The second-order valence-electron chi connectivity index (χ2n) is 17.0. The number of hydrogen-bond donors (Lipinski definition) is 8. The van der Waals surface area contributed by atoms with Gasteiger partial charge >= 0.3 is 19.8 Å². The molecule has 0 saturated heterocycles. The van der Waals surface area contributed by atoms with Gasteiger partial charge in [0.25, 0.3) is 0 Å². The summed E-state index contributed by atoms with van der Waals surface area (Å²) in [6.07, 6.45) is 14.8. The fourth-order valence-corrected chi connectivity index (χ4v) is 8.37. The molecule has 2 bridgehead atoms. The van der Waals surface area contributed by atoms with Crippen molar-refractivity contribution in [1.82, 2.24) is 0 Å². The smallest absolute Gasteiger partial charge is 0.462 e. The van der Waals surface area contributed by atoms with E-state index in [1.165, 1.54) is 37.5 Å². The fraction of sp³-hybridized carbons (Fsp3) is 0.694. The third kappa shape index (κ3) is 24.2. The summed E-state index contributed by atoms with van der Waals surface area (Å²) in [6.45, 7) is 2.71. The number of Topliss-reactive ketones (excluding diaryl/α,β-unsaturated/α-hetero) is 1. The number of allylic oxidation sites excluding steroid dienone is 10. The number of carbonyl (C=O) groups excluding carboxylic acids is 3. The molecule has 1 unspecified atom stereocenters. The summed E-state index contributed by atoms with van der Waals surface area (Å²) in [4.78, 5) is 50.0. The number of phosphoric ester groups is 1. The highest BCUT2D eigenvalue weighted by molar-refractivity contribution is 7.47. The maximum absolute atomic E-state index is 13.6. The van der Waals surface area contributed by atoms with E-state index in [-0.39, 0.29) is 25.7 Å². The van der Waals surface area contributed by atoms with Gasteiger partial charge in [0.1, 0.15) is 36.8 Å². The van der Waals surface area contributed by atoms with Gasteiger partial charge in [-0.05, 0) is 70.6 Å². The lowest BCUT2D eigenvalue weighted by Crippen LogP contribution is -2.55. The Morgan fingerprint density at radius 2 is 1.39 bits per heavy atom. The SMILES string of the molecule is CCCCC/C=C\C/C=C\C/C=C\C/C=C\CCCC(=O)O[C@@H]1COC(=O)CCC/C=C\C[C@H]2C(=O)C[C@@H](O)[C@H](/C=C/[C@@H](O)CCCCC)[C@@H](O)[C@@H](O)[C@@H](OP(=O)(O)OC1)[C@H](O)[C@@H](O)[C@@H]2O. The average Bonchev–Trinajstić information content (AvgIpc) is 3.28. The Hall–Kier alpha value is -3.12. The zero-order valence-electron chi connectivity index (χ0n) is 38.9. The van der Waals surface area contributed by atoms with Gasteiger partial charge < -0.3 is 50.1 Å². The topological polar surface area (TPSA) is 267 Å². The summed E-state index contributed by atoms with van der Waals surface area (Å²) in [6, 6.07) is 0. The quantitative estimate of drug-likeness (QED) is 0.0280. The number of esters is 2. The number of phosphoric acid groups is 1. The van der Waals surface area contributed by atoms with E-state index in [1.54, 1.807) is 6.08 Å². The van der Waals surface area contributed by atoms with Crippen molar-refractivity contribution in [3.05, 3.63) is 72.9 Å². The molecule has 2 rings (SSSR count). The first-order chi connectivity index (χ1) is 31.6. The normalized spacial score (nSPS) is 31.6. The van der Waals surface area contributed by atoms with Crippen LogP contribution < -0.4 is 0 Å². The largest absolute Gasteiger partial charge is 0.472 e. The second kappa shape index (κ2) is 34.2. The van der Waals surface area contributed by atoms with Gasteiger partial charge in [-0.25, -0.2) is 4.57 Å². The van der Waals surface area contributed by atoms with Crippen molar-refractivity contribution >= 4 is 25.5 Å². The number of rotatable bonds is 21. The van der Waals surface area contributed by atoms with Crippen molar-refractivity contribution in [3.8, 4) is 0 Å². The lowest BCUT2D eigenvalue weighted by atomic mass is 9.84. The standard InChI is InChI=1S/C49H79O16P/c1-3-5-7-8-9-10-11-12-13-14-15-16-17-18-19-20-26-30-43(54)64-37-34-62-42(53)29-25-22-21-24-28-38-40(51)33-41(52)39(32-31-36(50)27-23-6-4-2)45(56)47(58)49(48(59)46(57)44(38)55)65-66(60,61)63-35-37/h9-10,12-13,15-16,18-19,21,24,31-32,36-39,41,44-50,52,55-59H,3-8,11,14,17,20,22-23,25-30,33-35H2,1-2H3,(H,60,61)/b10-9-,13-12-,16-15-,19-18-,24-21-,32-31+/t36-,37+,38-,39-,41+,44+,45+,46-,47+,48+,49+/m0/s1. The predicted octanol–water partition coefficient (Wildman–Crippen LogP) is 6.09. The molecule has 0 amide bonds. The Morgan fingerprint density at radius 3 is 2.05 bits per heavy atom. The molecule has 0 aromatic rings. The van der Waals surface area contributed by atoms with Gasteiger partial charge in [0.05, 0.1) is 31.0 Å². The highest BCUT2D eigenvalue weighted by Crippen LogP contribution is 2.47. The van der Waals surface area contributed by atoms with E-state index in [0.29, 0.717) is 32.1 Å². The van der Waals surface area contributed by atoms with E-state index >= 15 is 0 Å². The van der Waals surface area contributed by atoms with Crippen LogP contribution in [0.25, 0.3) is 0 Å². The van der Waals surface area contributed by atoms with Gasteiger partial charge in [0, 0.05) is 31.1 Å². The minimum Gasteiger partial charge on any atom is -0.462 e. The highest BCUT2D eigenvalue weighted by atomic mass is 31.2. The monoisotopic (exact) mass is 955 g/mol. The Bertz CT molecular complexity index is 1610. The number of ether oxygens (including phenoxy) is 2. The van der Waals surface area contributed by atoms with E-state index in [1.807, 2.05) is 25.2 Å². The summed E-state index contributed by atoms with van der Waals surface area (Å²) >= 11 is 0. The summed E-state index contributed by atoms with van der Waals surface area (Å²) < 4.78 is 34.6. The molecule has 1 aliphatic heterocycles. The summed E-state index contributed by atoms with van der Waals surface area (Å²) in [7, 11) is -5.48. The summed E-state index contributed by atoms with van der Waals surface area (Å²) in [5.74, 6) is -5.18. The Labute approximate surface area is 391 Å². The molecular formula is C49H79O16P. The molecule has 17 heteroatoms. The Balaban J connectivity index is 2.21. The van der Waals surface area contributed by atoms with Crippen molar-refractivity contribution in [1.29, 1.82) is 0 Å². The first kappa shape index (κ1) is 59.0. The first-order valence-corrected chi connectivity index (χ1v) is 25.3. The molecule has 1 saturated carbocycles. The van der Waals surface area contributed by atoms with Gasteiger partial charge in [-0.15, -0.1) is 0 Å². The van der Waals surface area contributed by atoms with Gasteiger partial charge in [0.15, 0.2) is 6.10 Å². The lowest BCUT2D eigenvalue weighted by molar-refractivity contribution is -0.166. The number of fused-ring (bicyclic) bond motifs is 4. The lowest BCUT2D eigenvalue weighted by Gasteiger charge is -2.36. The minimum atomic E-state index is -5.48. The number of unbranched alkanes of at least 4 members (excludes halogenated alkanes) is 6. The van der Waals surface area contributed by atoms with Crippen LogP contribution in [0.2, 0.25) is 0 Å². The maximum Gasteiger partial charge on any atom is 0.472 e.